The summed E-state index contributed by atoms with van der Waals surface area (Å²) in [7, 11) is 1.28. The van der Waals surface area contributed by atoms with Crippen LogP contribution in [0.1, 0.15) is 32.8 Å². The first-order valence-corrected chi connectivity index (χ1v) is 7.48. The molecule has 132 valence electrons. The van der Waals surface area contributed by atoms with Crippen LogP contribution in [0, 0.1) is 0 Å². The fourth-order valence-electron chi connectivity index (χ4n) is 1.81. The fraction of sp³-hybridized carbons (Fsp3) is 0.471. The Morgan fingerprint density at radius 3 is 2.25 bits per heavy atom. The molecule has 0 bridgehead atoms. The summed E-state index contributed by atoms with van der Waals surface area (Å²) in [6.45, 7) is 5.05. The SMILES string of the molecule is CN(C(=O)OC(C)(C)C)[C@@H](CC(=O)OCc1ccccc1)C(=O)O. The quantitative estimate of drug-likeness (QED) is 0.802. The Morgan fingerprint density at radius 1 is 1.17 bits per heavy atom. The molecule has 0 spiro atoms. The van der Waals surface area contributed by atoms with Gasteiger partial charge in [-0.05, 0) is 26.3 Å². The number of carbonyl (C=O) groups excluding carboxylic acids is 2. The smallest absolute Gasteiger partial charge is 0.410 e. The molecular weight excluding hydrogens is 314 g/mol. The number of carboxylic acid groups (broad SMARTS) is 1. The molecule has 1 rings (SSSR count). The lowest BCUT2D eigenvalue weighted by molar-refractivity contribution is -0.152. The van der Waals surface area contributed by atoms with E-state index >= 15 is 0 Å². The van der Waals surface area contributed by atoms with Gasteiger partial charge in [0.25, 0.3) is 0 Å². The molecule has 0 aliphatic heterocycles. The van der Waals surface area contributed by atoms with E-state index < -0.39 is 36.1 Å². The number of carboxylic acids is 1. The highest BCUT2D eigenvalue weighted by atomic mass is 16.6. The molecule has 7 heteroatoms. The molecule has 0 saturated heterocycles. The van der Waals surface area contributed by atoms with E-state index in [1.54, 1.807) is 45.0 Å². The van der Waals surface area contributed by atoms with Gasteiger partial charge in [0.15, 0.2) is 0 Å². The van der Waals surface area contributed by atoms with Crippen molar-refractivity contribution >= 4 is 18.0 Å². The molecule has 1 N–H and O–H groups in total. The maximum Gasteiger partial charge on any atom is 0.410 e. The van der Waals surface area contributed by atoms with Crippen LogP contribution in [-0.2, 0) is 25.7 Å². The fourth-order valence-corrected chi connectivity index (χ4v) is 1.81. The highest BCUT2D eigenvalue weighted by molar-refractivity contribution is 5.85. The van der Waals surface area contributed by atoms with E-state index in [4.69, 9.17) is 9.47 Å². The predicted molar refractivity (Wildman–Crippen MR) is 86.3 cm³/mol. The zero-order chi connectivity index (χ0) is 18.3. The second kappa shape index (κ2) is 8.33. The third-order valence-electron chi connectivity index (χ3n) is 3.04. The van der Waals surface area contributed by atoms with Gasteiger partial charge in [0.1, 0.15) is 18.2 Å². The van der Waals surface area contributed by atoms with Crippen molar-refractivity contribution in [2.45, 2.75) is 45.4 Å². The maximum atomic E-state index is 12.0. The van der Waals surface area contributed by atoms with Gasteiger partial charge < -0.3 is 14.6 Å². The van der Waals surface area contributed by atoms with E-state index in [9.17, 15) is 19.5 Å². The van der Waals surface area contributed by atoms with Gasteiger partial charge in [0.2, 0.25) is 0 Å². The first-order valence-electron chi connectivity index (χ1n) is 7.48. The van der Waals surface area contributed by atoms with Crippen molar-refractivity contribution in [1.82, 2.24) is 4.90 Å². The van der Waals surface area contributed by atoms with Crippen molar-refractivity contribution in [2.75, 3.05) is 7.05 Å². The molecular formula is C17H23NO6. The average molecular weight is 337 g/mol. The molecule has 1 atom stereocenters. The van der Waals surface area contributed by atoms with Gasteiger partial charge in [-0.1, -0.05) is 30.3 Å². The van der Waals surface area contributed by atoms with Crippen LogP contribution in [0.2, 0.25) is 0 Å². The van der Waals surface area contributed by atoms with Crippen LogP contribution in [0.4, 0.5) is 4.79 Å². The highest BCUT2D eigenvalue weighted by Crippen LogP contribution is 2.13. The molecule has 0 unspecified atom stereocenters. The molecule has 1 aromatic carbocycles. The zero-order valence-corrected chi connectivity index (χ0v) is 14.3. The maximum absolute atomic E-state index is 12.0. The Kier molecular flexibility index (Phi) is 6.76. The summed E-state index contributed by atoms with van der Waals surface area (Å²) >= 11 is 0. The van der Waals surface area contributed by atoms with E-state index in [1.807, 2.05) is 6.07 Å². The monoisotopic (exact) mass is 337 g/mol. The summed E-state index contributed by atoms with van der Waals surface area (Å²) in [4.78, 5) is 36.1. The van der Waals surface area contributed by atoms with Crippen molar-refractivity contribution in [3.8, 4) is 0 Å². The lowest BCUT2D eigenvalue weighted by atomic mass is 10.2. The molecule has 0 aromatic heterocycles. The normalized spacial score (nSPS) is 12.2. The molecule has 24 heavy (non-hydrogen) atoms. The Morgan fingerprint density at radius 2 is 1.75 bits per heavy atom. The molecule has 0 heterocycles. The van der Waals surface area contributed by atoms with Gasteiger partial charge in [0, 0.05) is 7.05 Å². The second-order valence-electron chi connectivity index (χ2n) is 6.30. The number of hydrogen-bond acceptors (Lipinski definition) is 5. The Balaban J connectivity index is 2.63. The van der Waals surface area contributed by atoms with E-state index in [0.717, 1.165) is 10.5 Å². The molecule has 0 saturated carbocycles. The summed E-state index contributed by atoms with van der Waals surface area (Å²) < 4.78 is 10.2. The summed E-state index contributed by atoms with van der Waals surface area (Å²) in [5.74, 6) is -2.01. The highest BCUT2D eigenvalue weighted by Gasteiger charge is 2.32. The van der Waals surface area contributed by atoms with Crippen LogP contribution in [-0.4, -0.2) is 46.7 Å². The van der Waals surface area contributed by atoms with Crippen molar-refractivity contribution in [1.29, 1.82) is 0 Å². The lowest BCUT2D eigenvalue weighted by Gasteiger charge is -2.28. The van der Waals surface area contributed by atoms with Crippen LogP contribution < -0.4 is 0 Å². The number of nitrogens with zero attached hydrogens (tertiary/aromatic N) is 1. The molecule has 0 aliphatic carbocycles. The third-order valence-corrected chi connectivity index (χ3v) is 3.04. The molecule has 1 aromatic rings. The average Bonchev–Trinajstić information content (AvgIpc) is 2.49. The third kappa shape index (κ3) is 6.68. The van der Waals surface area contributed by atoms with E-state index in [1.165, 1.54) is 7.05 Å². The molecule has 0 fully saturated rings. The minimum Gasteiger partial charge on any atom is -0.480 e. The van der Waals surface area contributed by atoms with E-state index in [0.29, 0.717) is 0 Å². The summed E-state index contributed by atoms with van der Waals surface area (Å²) in [5, 5.41) is 9.27. The largest absolute Gasteiger partial charge is 0.480 e. The van der Waals surface area contributed by atoms with Gasteiger partial charge in [-0.3, -0.25) is 9.69 Å². The van der Waals surface area contributed by atoms with E-state index in [2.05, 4.69) is 0 Å². The number of rotatable bonds is 6. The molecule has 1 amide bonds. The summed E-state index contributed by atoms with van der Waals surface area (Å²) in [6.07, 6.45) is -1.27. The standard InChI is InChI=1S/C17H23NO6/c1-17(2,3)24-16(22)18(4)13(15(20)21)10-14(19)23-11-12-8-6-5-7-9-12/h5-9,13H,10-11H2,1-4H3,(H,20,21)/t13-/m0/s1. The number of ether oxygens (including phenoxy) is 2. The Hall–Kier alpha value is -2.57. The van der Waals surface area contributed by atoms with Gasteiger partial charge in [-0.15, -0.1) is 0 Å². The minimum absolute atomic E-state index is 0.0438. The van der Waals surface area contributed by atoms with Crippen LogP contribution >= 0.6 is 0 Å². The zero-order valence-electron chi connectivity index (χ0n) is 14.3. The van der Waals surface area contributed by atoms with Crippen LogP contribution in [0.5, 0.6) is 0 Å². The van der Waals surface area contributed by atoms with Gasteiger partial charge in [-0.2, -0.15) is 0 Å². The lowest BCUT2D eigenvalue weighted by Crippen LogP contribution is -2.46. The summed E-state index contributed by atoms with van der Waals surface area (Å²) in [6, 6.07) is 7.66. The summed E-state index contributed by atoms with van der Waals surface area (Å²) in [5.41, 5.74) is 0.0283. The van der Waals surface area contributed by atoms with Crippen molar-refractivity contribution < 1.29 is 29.0 Å². The van der Waals surface area contributed by atoms with Crippen molar-refractivity contribution in [3.05, 3.63) is 35.9 Å². The van der Waals surface area contributed by atoms with Gasteiger partial charge >= 0.3 is 18.0 Å². The van der Waals surface area contributed by atoms with Crippen LogP contribution in [0.3, 0.4) is 0 Å². The van der Waals surface area contributed by atoms with Crippen molar-refractivity contribution in [2.24, 2.45) is 0 Å². The predicted octanol–water partition coefficient (Wildman–Crippen LogP) is 2.44. The van der Waals surface area contributed by atoms with Crippen molar-refractivity contribution in [3.63, 3.8) is 0 Å². The number of esters is 1. The van der Waals surface area contributed by atoms with E-state index in [-0.39, 0.29) is 6.61 Å². The number of carbonyl (C=O) groups is 3. The topological polar surface area (TPSA) is 93.1 Å². The molecule has 0 aliphatic rings. The first-order chi connectivity index (χ1) is 11.1. The van der Waals surface area contributed by atoms with Crippen LogP contribution in [0.15, 0.2) is 30.3 Å². The second-order valence-corrected chi connectivity index (χ2v) is 6.30. The minimum atomic E-state index is -1.36. The number of likely N-dealkylation sites (N-methyl/N-ethyl adjacent to an activating group) is 1. The number of hydrogen-bond donors (Lipinski definition) is 1. The van der Waals surface area contributed by atoms with Gasteiger partial charge in [0.05, 0.1) is 6.42 Å². The van der Waals surface area contributed by atoms with Gasteiger partial charge in [-0.25, -0.2) is 9.59 Å². The Labute approximate surface area is 141 Å². The molecule has 7 nitrogen and oxygen atoms in total. The first kappa shape index (κ1) is 19.5. The van der Waals surface area contributed by atoms with Crippen LogP contribution in [0.25, 0.3) is 0 Å². The molecule has 0 radical (unpaired) electrons. The Bertz CT molecular complexity index is 578. The number of amides is 1. The number of aliphatic carboxylic acids is 1. The number of benzene rings is 1.